The monoisotopic (exact) mass is 844 g/mol. The molecule has 2 saturated heterocycles. The van der Waals surface area contributed by atoms with Crippen molar-refractivity contribution < 1.29 is 79.0 Å². The molecular formula is C42H60MgO16. The van der Waals surface area contributed by atoms with E-state index in [0.717, 1.165) is 24.8 Å². The van der Waals surface area contributed by atoms with E-state index < -0.39 is 107 Å². The van der Waals surface area contributed by atoms with Crippen molar-refractivity contribution in [2.75, 3.05) is 0 Å². The van der Waals surface area contributed by atoms with Gasteiger partial charge in [-0.1, -0.05) is 47.1 Å². The number of aliphatic hydroxyl groups excluding tert-OH is 5. The van der Waals surface area contributed by atoms with E-state index in [-0.39, 0.29) is 57.4 Å². The van der Waals surface area contributed by atoms with Crippen LogP contribution >= 0.6 is 0 Å². The number of hydrogen-bond donors (Lipinski definition) is 6. The van der Waals surface area contributed by atoms with E-state index in [4.69, 9.17) is 18.9 Å². The summed E-state index contributed by atoms with van der Waals surface area (Å²) in [5, 5.41) is 87.1. The van der Waals surface area contributed by atoms with Crippen LogP contribution < -0.4 is 10.2 Å². The van der Waals surface area contributed by atoms with Crippen molar-refractivity contribution in [3.63, 3.8) is 0 Å². The SMILES string of the molecule is CC1(C)[C@@H](O[C@H]2O[C@H](C(=O)[O-])[C@@H](O)[C@H](O)[C@H]2O[C@@H]2O[C@H](C(=O)[O-])[C@@H](O)[C@H](O)[C@H]2O)CC[C@]2(C)[C@H]3C(=O)C=C4[C@H]5C[C@@](C)(C(=O)O)CC[C@]5(C)CC[C@@]4(C)[C@]3(C)CC[C@@H]12.[Mg+2]. The van der Waals surface area contributed by atoms with Crippen LogP contribution in [0.2, 0.25) is 0 Å². The number of carboxylic acid groups (broad SMARTS) is 3. The van der Waals surface area contributed by atoms with Crippen LogP contribution in [0, 0.1) is 50.2 Å². The molecule has 6 fully saturated rings. The van der Waals surface area contributed by atoms with Crippen LogP contribution in [-0.2, 0) is 38.1 Å². The smallest absolute Gasteiger partial charge is 0.547 e. The molecule has 0 bridgehead atoms. The van der Waals surface area contributed by atoms with Gasteiger partial charge < -0.3 is 69.4 Å². The number of aliphatic carboxylic acids is 3. The number of ketones is 1. The maximum atomic E-state index is 14.8. The molecule has 16 nitrogen and oxygen atoms in total. The van der Waals surface area contributed by atoms with Gasteiger partial charge in [-0.05, 0) is 110 Å². The van der Waals surface area contributed by atoms with Gasteiger partial charge in [0.25, 0.3) is 0 Å². The van der Waals surface area contributed by atoms with Gasteiger partial charge >= 0.3 is 29.0 Å². The van der Waals surface area contributed by atoms with Crippen LogP contribution in [0.25, 0.3) is 0 Å². The summed E-state index contributed by atoms with van der Waals surface area (Å²) in [4.78, 5) is 51.1. The van der Waals surface area contributed by atoms with E-state index in [1.807, 2.05) is 26.8 Å². The molecule has 2 heterocycles. The number of hydrogen-bond acceptors (Lipinski definition) is 15. The first-order valence-electron chi connectivity index (χ1n) is 20.7. The van der Waals surface area contributed by atoms with Gasteiger partial charge in [0.2, 0.25) is 0 Å². The topological polar surface area (TPSA) is 273 Å². The largest absolute Gasteiger partial charge is 2.00 e. The average Bonchev–Trinajstić information content (AvgIpc) is 3.13. The molecule has 326 valence electrons. The molecule has 0 amide bonds. The molecule has 0 aromatic carbocycles. The molecule has 59 heavy (non-hydrogen) atoms. The molecule has 5 aliphatic carbocycles. The average molecular weight is 845 g/mol. The predicted molar refractivity (Wildman–Crippen MR) is 200 cm³/mol. The van der Waals surface area contributed by atoms with Gasteiger partial charge in [0.1, 0.15) is 48.8 Å². The van der Waals surface area contributed by atoms with Crippen LogP contribution in [0.4, 0.5) is 0 Å². The van der Waals surface area contributed by atoms with Crippen molar-refractivity contribution in [3.05, 3.63) is 11.6 Å². The zero-order valence-corrected chi connectivity index (χ0v) is 36.4. The molecule has 0 spiro atoms. The second kappa shape index (κ2) is 15.5. The quantitative estimate of drug-likeness (QED) is 0.135. The summed E-state index contributed by atoms with van der Waals surface area (Å²) in [5.74, 6) is -5.04. The molecule has 7 rings (SSSR count). The number of carbonyl (C=O) groups excluding carboxylic acids is 3. The van der Waals surface area contributed by atoms with E-state index in [2.05, 4.69) is 27.7 Å². The molecule has 0 aromatic rings. The summed E-state index contributed by atoms with van der Waals surface area (Å²) in [6, 6.07) is 0. The Bertz CT molecular complexity index is 1740. The molecule has 7 aliphatic rings. The van der Waals surface area contributed by atoms with Gasteiger partial charge in [0.15, 0.2) is 18.4 Å². The molecule has 17 heteroatoms. The number of ether oxygens (including phenoxy) is 4. The van der Waals surface area contributed by atoms with E-state index in [1.165, 1.54) is 0 Å². The molecular weight excluding hydrogens is 785 g/mol. The summed E-state index contributed by atoms with van der Waals surface area (Å²) in [5.41, 5.74) is -1.89. The summed E-state index contributed by atoms with van der Waals surface area (Å²) in [6.45, 7) is 14.8. The Morgan fingerprint density at radius 3 is 1.90 bits per heavy atom. The van der Waals surface area contributed by atoms with Crippen LogP contribution in [0.15, 0.2) is 11.6 Å². The third kappa shape index (κ3) is 6.95. The molecule has 0 unspecified atom stereocenters. The van der Waals surface area contributed by atoms with Gasteiger partial charge in [-0.3, -0.25) is 9.59 Å². The van der Waals surface area contributed by atoms with Crippen molar-refractivity contribution in [2.45, 2.75) is 174 Å². The van der Waals surface area contributed by atoms with Gasteiger partial charge in [-0.2, -0.15) is 0 Å². The minimum Gasteiger partial charge on any atom is -0.547 e. The van der Waals surface area contributed by atoms with Crippen LogP contribution in [0.3, 0.4) is 0 Å². The van der Waals surface area contributed by atoms with Crippen LogP contribution in [-0.4, -0.2) is 145 Å². The first kappa shape index (κ1) is 46.7. The normalized spacial score (nSPS) is 51.7. The zero-order valence-electron chi connectivity index (χ0n) is 35.0. The number of carbonyl (C=O) groups is 4. The molecule has 6 N–H and O–H groups in total. The fourth-order valence-electron chi connectivity index (χ4n) is 13.4. The molecule has 4 saturated carbocycles. The molecule has 2 aliphatic heterocycles. The Hall–Kier alpha value is -1.77. The second-order valence-corrected chi connectivity index (χ2v) is 20.6. The Kier molecular flexibility index (Phi) is 12.3. The van der Waals surface area contributed by atoms with Gasteiger partial charge in [-0.25, -0.2) is 0 Å². The van der Waals surface area contributed by atoms with E-state index in [9.17, 15) is 60.0 Å². The van der Waals surface area contributed by atoms with Crippen molar-refractivity contribution in [1.29, 1.82) is 0 Å². The number of fused-ring (bicyclic) bond motifs is 7. The first-order valence-corrected chi connectivity index (χ1v) is 20.7. The number of rotatable bonds is 7. The van der Waals surface area contributed by atoms with E-state index in [1.54, 1.807) is 0 Å². The van der Waals surface area contributed by atoms with Crippen molar-refractivity contribution in [3.8, 4) is 0 Å². The fourth-order valence-corrected chi connectivity index (χ4v) is 13.4. The van der Waals surface area contributed by atoms with Gasteiger partial charge in [-0.15, -0.1) is 0 Å². The molecule has 0 radical (unpaired) electrons. The zero-order chi connectivity index (χ0) is 42.9. The molecule has 0 aromatic heterocycles. The minimum absolute atomic E-state index is 0. The minimum atomic E-state index is -2.15. The maximum absolute atomic E-state index is 14.8. The van der Waals surface area contributed by atoms with Crippen molar-refractivity contribution in [1.82, 2.24) is 0 Å². The Labute approximate surface area is 360 Å². The summed E-state index contributed by atoms with van der Waals surface area (Å²) < 4.78 is 23.1. The number of carboxylic acids is 3. The van der Waals surface area contributed by atoms with Crippen LogP contribution in [0.5, 0.6) is 0 Å². The standard InChI is InChI=1S/C42H62O16.Mg/c1-37(2)21-8-11-42(7)31(20(43)16-18-19-17-39(4,36(53)54)13-12-38(19,3)14-15-41(18,42)6)40(21,5)10-9-22(37)55-35-30(26(47)25(46)29(57-35)33(51)52)58-34-27(48)23(44)24(45)28(56-34)32(49)50;/h16,19,21-31,34-35,44-48H,8-15,17H2,1-7H3,(H,49,50)(H,51,52)(H,53,54);/q;+2/p-2/t19-,21+,22+,23+,24+,25+,26+,27-,28+,29+,30-,31-,34+,35+,38-,39+,40+,41-,42-;/m1./s1. The maximum Gasteiger partial charge on any atom is 2.00 e. The Morgan fingerprint density at radius 1 is 0.729 bits per heavy atom. The Morgan fingerprint density at radius 2 is 1.31 bits per heavy atom. The summed E-state index contributed by atoms with van der Waals surface area (Å²) in [6.07, 6.45) is -13.1. The number of aliphatic hydroxyl groups is 5. The molecule has 19 atom stereocenters. The van der Waals surface area contributed by atoms with E-state index in [0.29, 0.717) is 38.5 Å². The number of allylic oxidation sites excluding steroid dienone is 2. The summed E-state index contributed by atoms with van der Waals surface area (Å²) in [7, 11) is 0. The third-order valence-corrected chi connectivity index (χ3v) is 17.2. The van der Waals surface area contributed by atoms with Crippen LogP contribution in [0.1, 0.15) is 106 Å². The first-order chi connectivity index (χ1) is 26.8. The van der Waals surface area contributed by atoms with E-state index >= 15 is 0 Å². The third-order valence-electron chi connectivity index (χ3n) is 17.2. The van der Waals surface area contributed by atoms with Crippen molar-refractivity contribution in [2.24, 2.45) is 50.2 Å². The fraction of sp³-hybridized carbons (Fsp3) is 0.857. The van der Waals surface area contributed by atoms with Crippen molar-refractivity contribution >= 4 is 46.7 Å². The summed E-state index contributed by atoms with van der Waals surface area (Å²) >= 11 is 0. The predicted octanol–water partition coefficient (Wildman–Crippen LogP) is -0.805. The Balaban J connectivity index is 0.00000585. The van der Waals surface area contributed by atoms with Gasteiger partial charge in [0.05, 0.1) is 23.5 Å². The van der Waals surface area contributed by atoms with Gasteiger partial charge in [0, 0.05) is 5.92 Å². The second-order valence-electron chi connectivity index (χ2n) is 20.6.